The van der Waals surface area contributed by atoms with Crippen LogP contribution in [-0.2, 0) is 4.84 Å². The Labute approximate surface area is 76.0 Å². The lowest BCUT2D eigenvalue weighted by atomic mass is 9.93. The van der Waals surface area contributed by atoms with Gasteiger partial charge in [-0.3, -0.25) is 0 Å². The first-order chi connectivity index (χ1) is 5.72. The van der Waals surface area contributed by atoms with E-state index in [2.05, 4.69) is 25.9 Å². The van der Waals surface area contributed by atoms with E-state index in [0.717, 1.165) is 0 Å². The summed E-state index contributed by atoms with van der Waals surface area (Å²) in [5.41, 5.74) is 0. The predicted octanol–water partition coefficient (Wildman–Crippen LogP) is 3.08. The van der Waals surface area contributed by atoms with Crippen LogP contribution in [0, 0.1) is 11.8 Å². The predicted molar refractivity (Wildman–Crippen MR) is 53.4 cm³/mol. The number of hydrogen-bond acceptors (Lipinski definition) is 2. The lowest BCUT2D eigenvalue weighted by molar-refractivity contribution is 0.158. The van der Waals surface area contributed by atoms with Gasteiger partial charge in [-0.15, -0.1) is 0 Å². The molecular weight excluding hydrogens is 150 g/mol. The van der Waals surface area contributed by atoms with E-state index in [1.807, 2.05) is 13.1 Å². The summed E-state index contributed by atoms with van der Waals surface area (Å²) in [7, 11) is 0. The molecule has 0 bridgehead atoms. The van der Waals surface area contributed by atoms with Crippen LogP contribution in [0.4, 0.5) is 0 Å². The fraction of sp³-hybridized carbons (Fsp3) is 0.900. The van der Waals surface area contributed by atoms with Gasteiger partial charge in [-0.2, -0.15) is 0 Å². The molecule has 0 heterocycles. The lowest BCUT2D eigenvalue weighted by Gasteiger charge is -2.13. The molecule has 2 unspecified atom stereocenters. The lowest BCUT2D eigenvalue weighted by Crippen LogP contribution is -2.09. The SMILES string of the molecule is CCCC(C)C(C)/C=N/OCC. The van der Waals surface area contributed by atoms with E-state index in [1.165, 1.54) is 12.8 Å². The molecule has 2 heteroatoms. The molecule has 0 saturated carbocycles. The maximum Gasteiger partial charge on any atom is 0.114 e. The fourth-order valence-corrected chi connectivity index (χ4v) is 1.08. The van der Waals surface area contributed by atoms with E-state index in [9.17, 15) is 0 Å². The van der Waals surface area contributed by atoms with Gasteiger partial charge in [-0.05, 0) is 18.8 Å². The second kappa shape index (κ2) is 7.14. The zero-order valence-electron chi connectivity index (χ0n) is 8.71. The Morgan fingerprint density at radius 1 is 1.33 bits per heavy atom. The molecule has 0 radical (unpaired) electrons. The molecule has 0 aliphatic carbocycles. The van der Waals surface area contributed by atoms with E-state index >= 15 is 0 Å². The van der Waals surface area contributed by atoms with Crippen molar-refractivity contribution in [3.8, 4) is 0 Å². The van der Waals surface area contributed by atoms with Gasteiger partial charge in [0.1, 0.15) is 6.61 Å². The van der Waals surface area contributed by atoms with Crippen molar-refractivity contribution in [2.24, 2.45) is 17.0 Å². The third kappa shape index (κ3) is 5.16. The smallest absolute Gasteiger partial charge is 0.114 e. The topological polar surface area (TPSA) is 21.6 Å². The molecule has 0 spiro atoms. The van der Waals surface area contributed by atoms with Crippen molar-refractivity contribution in [3.05, 3.63) is 0 Å². The van der Waals surface area contributed by atoms with Crippen LogP contribution in [0.5, 0.6) is 0 Å². The zero-order chi connectivity index (χ0) is 9.40. The van der Waals surface area contributed by atoms with Crippen LogP contribution in [0.3, 0.4) is 0 Å². The summed E-state index contributed by atoms with van der Waals surface area (Å²) in [4.78, 5) is 4.90. The molecule has 0 aromatic carbocycles. The molecule has 2 atom stereocenters. The summed E-state index contributed by atoms with van der Waals surface area (Å²) in [5.74, 6) is 1.23. The molecule has 0 amide bonds. The first kappa shape index (κ1) is 11.5. The van der Waals surface area contributed by atoms with Gasteiger partial charge in [0.25, 0.3) is 0 Å². The second-order valence-electron chi connectivity index (χ2n) is 3.30. The second-order valence-corrected chi connectivity index (χ2v) is 3.30. The van der Waals surface area contributed by atoms with Crippen molar-refractivity contribution in [2.75, 3.05) is 6.61 Å². The Morgan fingerprint density at radius 2 is 2.00 bits per heavy atom. The van der Waals surface area contributed by atoms with E-state index in [1.54, 1.807) is 0 Å². The van der Waals surface area contributed by atoms with Crippen molar-refractivity contribution in [2.45, 2.75) is 40.5 Å². The van der Waals surface area contributed by atoms with Gasteiger partial charge in [-0.25, -0.2) is 0 Å². The minimum absolute atomic E-state index is 0.525. The summed E-state index contributed by atoms with van der Waals surface area (Å²) in [6.45, 7) is 9.25. The monoisotopic (exact) mass is 171 g/mol. The largest absolute Gasteiger partial charge is 0.396 e. The quantitative estimate of drug-likeness (QED) is 0.444. The third-order valence-electron chi connectivity index (χ3n) is 2.14. The molecule has 0 aliphatic heterocycles. The maximum atomic E-state index is 4.90. The Kier molecular flexibility index (Phi) is 6.82. The number of nitrogens with zero attached hydrogens (tertiary/aromatic N) is 1. The van der Waals surface area contributed by atoms with Gasteiger partial charge in [0.05, 0.1) is 0 Å². The highest BCUT2D eigenvalue weighted by molar-refractivity contribution is 5.59. The van der Waals surface area contributed by atoms with E-state index in [0.29, 0.717) is 18.4 Å². The Balaban J connectivity index is 3.61. The van der Waals surface area contributed by atoms with E-state index in [4.69, 9.17) is 4.84 Å². The van der Waals surface area contributed by atoms with Crippen LogP contribution in [0.25, 0.3) is 0 Å². The molecule has 0 rings (SSSR count). The standard InChI is InChI=1S/C10H21NO/c1-5-7-9(3)10(4)8-11-12-6-2/h8-10H,5-7H2,1-4H3/b11-8+. The van der Waals surface area contributed by atoms with Gasteiger partial charge >= 0.3 is 0 Å². The highest BCUT2D eigenvalue weighted by Crippen LogP contribution is 2.14. The number of hydrogen-bond donors (Lipinski definition) is 0. The van der Waals surface area contributed by atoms with Crippen LogP contribution < -0.4 is 0 Å². The fourth-order valence-electron chi connectivity index (χ4n) is 1.08. The third-order valence-corrected chi connectivity index (χ3v) is 2.14. The summed E-state index contributed by atoms with van der Waals surface area (Å²) in [6, 6.07) is 0. The van der Waals surface area contributed by atoms with Gasteiger partial charge in [0, 0.05) is 6.21 Å². The summed E-state index contributed by atoms with van der Waals surface area (Å²) in [6.07, 6.45) is 4.41. The molecule has 0 aromatic rings. The number of rotatable bonds is 6. The van der Waals surface area contributed by atoms with Crippen molar-refractivity contribution < 1.29 is 4.84 Å². The van der Waals surface area contributed by atoms with Gasteiger partial charge in [-0.1, -0.05) is 38.8 Å². The average molecular weight is 171 g/mol. The van der Waals surface area contributed by atoms with Crippen LogP contribution in [0.15, 0.2) is 5.16 Å². The van der Waals surface area contributed by atoms with Crippen LogP contribution >= 0.6 is 0 Å². The van der Waals surface area contributed by atoms with Gasteiger partial charge in [0.2, 0.25) is 0 Å². The Hall–Kier alpha value is -0.530. The Bertz CT molecular complexity index is 123. The molecule has 0 saturated heterocycles. The number of oxime groups is 1. The molecule has 12 heavy (non-hydrogen) atoms. The van der Waals surface area contributed by atoms with Crippen molar-refractivity contribution in [1.82, 2.24) is 0 Å². The van der Waals surface area contributed by atoms with Gasteiger partial charge < -0.3 is 4.84 Å². The minimum Gasteiger partial charge on any atom is -0.396 e. The Morgan fingerprint density at radius 3 is 2.50 bits per heavy atom. The molecule has 0 fully saturated rings. The average Bonchev–Trinajstić information content (AvgIpc) is 2.05. The highest BCUT2D eigenvalue weighted by atomic mass is 16.6. The zero-order valence-corrected chi connectivity index (χ0v) is 8.71. The first-order valence-electron chi connectivity index (χ1n) is 4.87. The summed E-state index contributed by atoms with van der Waals surface area (Å²) in [5, 5.41) is 3.87. The van der Waals surface area contributed by atoms with E-state index < -0.39 is 0 Å². The highest BCUT2D eigenvalue weighted by Gasteiger charge is 2.08. The summed E-state index contributed by atoms with van der Waals surface area (Å²) >= 11 is 0. The minimum atomic E-state index is 0.525. The molecule has 0 aliphatic rings. The normalized spacial score (nSPS) is 16.3. The summed E-state index contributed by atoms with van der Waals surface area (Å²) < 4.78 is 0. The van der Waals surface area contributed by atoms with Gasteiger partial charge in [0.15, 0.2) is 0 Å². The molecule has 0 aromatic heterocycles. The van der Waals surface area contributed by atoms with Crippen molar-refractivity contribution in [3.63, 3.8) is 0 Å². The van der Waals surface area contributed by atoms with Crippen LogP contribution in [-0.4, -0.2) is 12.8 Å². The van der Waals surface area contributed by atoms with Crippen molar-refractivity contribution in [1.29, 1.82) is 0 Å². The van der Waals surface area contributed by atoms with Crippen LogP contribution in [0.2, 0.25) is 0 Å². The molecule has 0 N–H and O–H groups in total. The molecule has 2 nitrogen and oxygen atoms in total. The maximum absolute atomic E-state index is 4.90. The van der Waals surface area contributed by atoms with E-state index in [-0.39, 0.29) is 0 Å². The molecular formula is C10H21NO. The van der Waals surface area contributed by atoms with Crippen LogP contribution in [0.1, 0.15) is 40.5 Å². The first-order valence-corrected chi connectivity index (χ1v) is 4.87. The molecule has 72 valence electrons. The van der Waals surface area contributed by atoms with Crippen molar-refractivity contribution >= 4 is 6.21 Å².